The van der Waals surface area contributed by atoms with Gasteiger partial charge in [-0.05, 0) is 63.8 Å². The molecule has 0 amide bonds. The van der Waals surface area contributed by atoms with Gasteiger partial charge in [0.25, 0.3) is 10.1 Å². The van der Waals surface area contributed by atoms with Crippen LogP contribution in [-0.4, -0.2) is 46.0 Å². The summed E-state index contributed by atoms with van der Waals surface area (Å²) in [6.45, 7) is 3.60. The van der Waals surface area contributed by atoms with Crippen molar-refractivity contribution >= 4 is 25.9 Å². The number of ether oxygens (including phenoxy) is 1. The smallest absolute Gasteiger partial charge is 0.330 e. The second kappa shape index (κ2) is 8.92. The summed E-state index contributed by atoms with van der Waals surface area (Å²) in [5.41, 5.74) is -0.903. The zero-order valence-corrected chi connectivity index (χ0v) is 19.3. The van der Waals surface area contributed by atoms with E-state index in [2.05, 4.69) is 0 Å². The molecule has 1 fully saturated rings. The molecule has 1 aromatic rings. The minimum atomic E-state index is -4.41. The van der Waals surface area contributed by atoms with Crippen LogP contribution >= 0.6 is 0 Å². The van der Waals surface area contributed by atoms with E-state index in [1.165, 1.54) is 0 Å². The van der Waals surface area contributed by atoms with Gasteiger partial charge in [0.05, 0.1) is 11.5 Å². The van der Waals surface area contributed by atoms with Crippen LogP contribution in [0.15, 0.2) is 29.2 Å². The van der Waals surface area contributed by atoms with Crippen molar-refractivity contribution in [3.8, 4) is 0 Å². The highest BCUT2D eigenvalue weighted by atomic mass is 32.2. The standard InChI is InChI=1S/C20H29FO7S2/c1-19(2,15-8-6-5-7-9-15)28-18(22)20(3,29(4,23)24)14-27-30(25,26)17-12-10-16(21)11-13-17/h10-13,15H,5-9,14H2,1-4H3. The van der Waals surface area contributed by atoms with Crippen molar-refractivity contribution in [1.82, 2.24) is 0 Å². The Hall–Kier alpha value is -1.52. The molecule has 0 bridgehead atoms. The molecule has 1 atom stereocenters. The van der Waals surface area contributed by atoms with Crippen LogP contribution in [0.4, 0.5) is 4.39 Å². The second-order valence-electron chi connectivity index (χ2n) is 8.50. The summed E-state index contributed by atoms with van der Waals surface area (Å²) in [7, 11) is -8.51. The Kier molecular flexibility index (Phi) is 7.36. The maximum absolute atomic E-state index is 13.0. The van der Waals surface area contributed by atoms with E-state index in [1.807, 2.05) is 0 Å². The average Bonchev–Trinajstić information content (AvgIpc) is 2.66. The quantitative estimate of drug-likeness (QED) is 0.430. The van der Waals surface area contributed by atoms with E-state index in [0.717, 1.165) is 69.5 Å². The Morgan fingerprint density at radius 1 is 1.03 bits per heavy atom. The summed E-state index contributed by atoms with van der Waals surface area (Å²) >= 11 is 0. The van der Waals surface area contributed by atoms with Crippen molar-refractivity contribution in [2.24, 2.45) is 5.92 Å². The molecule has 0 radical (unpaired) electrons. The first-order valence-corrected chi connectivity index (χ1v) is 13.1. The number of hydrogen-bond donors (Lipinski definition) is 0. The molecule has 0 N–H and O–H groups in total. The van der Waals surface area contributed by atoms with E-state index in [-0.39, 0.29) is 10.8 Å². The Balaban J connectivity index is 2.22. The number of benzene rings is 1. The molecular weight excluding hydrogens is 435 g/mol. The fourth-order valence-electron chi connectivity index (χ4n) is 3.40. The maximum atomic E-state index is 13.0. The van der Waals surface area contributed by atoms with Crippen LogP contribution in [0.1, 0.15) is 52.9 Å². The highest BCUT2D eigenvalue weighted by molar-refractivity contribution is 7.93. The first-order valence-electron chi connectivity index (χ1n) is 9.77. The van der Waals surface area contributed by atoms with Gasteiger partial charge < -0.3 is 4.74 Å². The van der Waals surface area contributed by atoms with Gasteiger partial charge in [-0.25, -0.2) is 12.8 Å². The number of esters is 1. The largest absolute Gasteiger partial charge is 0.458 e. The third-order valence-electron chi connectivity index (χ3n) is 5.79. The molecule has 1 aliphatic carbocycles. The molecular formula is C20H29FO7S2. The summed E-state index contributed by atoms with van der Waals surface area (Å²) in [6.07, 6.45) is 5.69. The third-order valence-corrected chi connectivity index (χ3v) is 8.99. The minimum absolute atomic E-state index is 0.0860. The Labute approximate surface area is 178 Å². The van der Waals surface area contributed by atoms with E-state index >= 15 is 0 Å². The highest BCUT2D eigenvalue weighted by Crippen LogP contribution is 2.36. The first kappa shape index (κ1) is 24.7. The van der Waals surface area contributed by atoms with E-state index in [4.69, 9.17) is 8.92 Å². The monoisotopic (exact) mass is 464 g/mol. The van der Waals surface area contributed by atoms with Gasteiger partial charge in [0.2, 0.25) is 0 Å². The molecule has 1 aromatic carbocycles. The van der Waals surface area contributed by atoms with Crippen LogP contribution in [0.2, 0.25) is 0 Å². The normalized spacial score (nSPS) is 18.6. The van der Waals surface area contributed by atoms with Gasteiger partial charge in [-0.3, -0.25) is 8.98 Å². The van der Waals surface area contributed by atoms with Crippen molar-refractivity contribution in [3.63, 3.8) is 0 Å². The van der Waals surface area contributed by atoms with Gasteiger partial charge in [-0.2, -0.15) is 8.42 Å². The number of hydrogen-bond acceptors (Lipinski definition) is 7. The van der Waals surface area contributed by atoms with Crippen LogP contribution in [-0.2, 0) is 33.7 Å². The van der Waals surface area contributed by atoms with Gasteiger partial charge in [0, 0.05) is 6.26 Å². The molecule has 1 saturated carbocycles. The van der Waals surface area contributed by atoms with Gasteiger partial charge >= 0.3 is 5.97 Å². The Morgan fingerprint density at radius 2 is 1.57 bits per heavy atom. The molecule has 0 heterocycles. The lowest BCUT2D eigenvalue weighted by Crippen LogP contribution is -2.52. The molecule has 1 unspecified atom stereocenters. The molecule has 170 valence electrons. The first-order chi connectivity index (χ1) is 13.7. The number of carbonyl (C=O) groups is 1. The van der Waals surface area contributed by atoms with E-state index < -0.39 is 48.7 Å². The molecule has 0 saturated heterocycles. The van der Waals surface area contributed by atoms with Crippen molar-refractivity contribution in [2.75, 3.05) is 12.9 Å². The van der Waals surface area contributed by atoms with Crippen molar-refractivity contribution < 1.29 is 34.9 Å². The molecule has 7 nitrogen and oxygen atoms in total. The van der Waals surface area contributed by atoms with E-state index in [1.54, 1.807) is 13.8 Å². The van der Waals surface area contributed by atoms with Crippen molar-refractivity contribution in [2.45, 2.75) is 68.1 Å². The second-order valence-corrected chi connectivity index (χ2v) is 12.6. The predicted molar refractivity (Wildman–Crippen MR) is 110 cm³/mol. The fourth-order valence-corrected chi connectivity index (χ4v) is 5.09. The number of carbonyl (C=O) groups excluding carboxylic acids is 1. The summed E-state index contributed by atoms with van der Waals surface area (Å²) in [4.78, 5) is 12.6. The predicted octanol–water partition coefficient (Wildman–Crippen LogP) is 3.24. The summed E-state index contributed by atoms with van der Waals surface area (Å²) < 4.78 is 70.9. The fraction of sp³-hybridized carbons (Fsp3) is 0.650. The van der Waals surface area contributed by atoms with Gasteiger partial charge in [0.1, 0.15) is 11.4 Å². The van der Waals surface area contributed by atoms with E-state index in [9.17, 15) is 26.0 Å². The SMILES string of the molecule is CC(C)(OC(=O)C(C)(COS(=O)(=O)c1ccc(F)cc1)S(C)(=O)=O)C1CCCCC1. The third kappa shape index (κ3) is 5.59. The summed E-state index contributed by atoms with van der Waals surface area (Å²) in [5.74, 6) is -1.61. The molecule has 10 heteroatoms. The molecule has 2 rings (SSSR count). The zero-order valence-electron chi connectivity index (χ0n) is 17.7. The number of halogens is 1. The molecule has 0 aromatic heterocycles. The summed E-state index contributed by atoms with van der Waals surface area (Å²) in [5, 5.41) is 0. The lowest BCUT2D eigenvalue weighted by Gasteiger charge is -2.38. The zero-order chi connectivity index (χ0) is 22.8. The van der Waals surface area contributed by atoms with Crippen molar-refractivity contribution in [1.29, 1.82) is 0 Å². The van der Waals surface area contributed by atoms with E-state index in [0.29, 0.717) is 0 Å². The maximum Gasteiger partial charge on any atom is 0.330 e. The van der Waals surface area contributed by atoms with Crippen LogP contribution in [0.5, 0.6) is 0 Å². The Morgan fingerprint density at radius 3 is 2.07 bits per heavy atom. The van der Waals surface area contributed by atoms with Crippen LogP contribution in [0, 0.1) is 11.7 Å². The average molecular weight is 465 g/mol. The number of rotatable bonds is 8. The lowest BCUT2D eigenvalue weighted by atomic mass is 9.78. The topological polar surface area (TPSA) is 104 Å². The van der Waals surface area contributed by atoms with Crippen LogP contribution in [0.25, 0.3) is 0 Å². The van der Waals surface area contributed by atoms with Crippen molar-refractivity contribution in [3.05, 3.63) is 30.1 Å². The molecule has 30 heavy (non-hydrogen) atoms. The molecule has 0 spiro atoms. The Bertz CT molecular complexity index is 963. The molecule has 1 aliphatic rings. The van der Waals surface area contributed by atoms with Crippen LogP contribution in [0.3, 0.4) is 0 Å². The van der Waals surface area contributed by atoms with Gasteiger partial charge in [0.15, 0.2) is 14.6 Å². The lowest BCUT2D eigenvalue weighted by molar-refractivity contribution is -0.166. The van der Waals surface area contributed by atoms with Gasteiger partial charge in [-0.15, -0.1) is 0 Å². The summed E-state index contributed by atoms with van der Waals surface area (Å²) in [6, 6.07) is 3.86. The minimum Gasteiger partial charge on any atom is -0.458 e. The molecule has 0 aliphatic heterocycles. The van der Waals surface area contributed by atoms with Gasteiger partial charge in [-0.1, -0.05) is 19.3 Å². The van der Waals surface area contributed by atoms with Crippen LogP contribution < -0.4 is 0 Å². The highest BCUT2D eigenvalue weighted by Gasteiger charge is 2.49. The number of sulfone groups is 1.